The molecule has 168 valence electrons. The number of imidazole rings is 1. The second-order valence-electron chi connectivity index (χ2n) is 8.04. The van der Waals surface area contributed by atoms with Crippen LogP contribution in [0, 0.1) is 0 Å². The number of benzene rings is 2. The van der Waals surface area contributed by atoms with Crippen molar-refractivity contribution >= 4 is 22.8 Å². The number of carbonyl (C=O) groups excluding carboxylic acids is 1. The summed E-state index contributed by atoms with van der Waals surface area (Å²) in [6, 6.07) is 17.4. The molecular weight excluding hydrogens is 416 g/mol. The number of nitrogens with zero attached hydrogens (tertiary/aromatic N) is 5. The minimum Gasteiger partial charge on any atom is -0.379 e. The summed E-state index contributed by atoms with van der Waals surface area (Å²) < 4.78 is 7.40. The third-order valence-electron chi connectivity index (χ3n) is 5.78. The Morgan fingerprint density at radius 3 is 2.67 bits per heavy atom. The van der Waals surface area contributed by atoms with Gasteiger partial charge in [-0.15, -0.1) is 0 Å². The van der Waals surface area contributed by atoms with Crippen LogP contribution >= 0.6 is 0 Å². The first-order valence-electron chi connectivity index (χ1n) is 11.1. The van der Waals surface area contributed by atoms with E-state index in [0.717, 1.165) is 50.6 Å². The Bertz CT molecular complexity index is 1260. The Balaban J connectivity index is 1.53. The molecular formula is C25H26N6O2. The summed E-state index contributed by atoms with van der Waals surface area (Å²) in [5, 5.41) is 3.47. The van der Waals surface area contributed by atoms with Crippen molar-refractivity contribution in [3.63, 3.8) is 0 Å². The number of ketones is 1. The smallest absolute Gasteiger partial charge is 0.170 e. The molecule has 0 atom stereocenters. The van der Waals surface area contributed by atoms with Gasteiger partial charge in [0.05, 0.1) is 13.2 Å². The number of hydrogen-bond donors (Lipinski definition) is 1. The minimum absolute atomic E-state index is 0.0103. The van der Waals surface area contributed by atoms with Gasteiger partial charge < -0.3 is 10.1 Å². The molecule has 1 N–H and O–H groups in total. The number of carbonyl (C=O) groups is 1. The summed E-state index contributed by atoms with van der Waals surface area (Å²) in [5.41, 5.74) is 3.83. The molecule has 5 rings (SSSR count). The molecule has 0 aliphatic carbocycles. The lowest BCUT2D eigenvalue weighted by molar-refractivity contribution is 0.0398. The average molecular weight is 443 g/mol. The largest absolute Gasteiger partial charge is 0.379 e. The van der Waals surface area contributed by atoms with Crippen LogP contribution in [-0.2, 0) is 4.74 Å². The molecule has 1 saturated heterocycles. The number of morpholine rings is 1. The molecule has 0 amide bonds. The zero-order valence-electron chi connectivity index (χ0n) is 18.6. The number of anilines is 1. The number of para-hydroxylation sites is 1. The topological polar surface area (TPSA) is 85.2 Å². The van der Waals surface area contributed by atoms with Gasteiger partial charge in [-0.3, -0.25) is 14.3 Å². The zero-order valence-corrected chi connectivity index (χ0v) is 18.6. The Hall–Kier alpha value is -3.62. The zero-order chi connectivity index (χ0) is 22.6. The molecule has 3 heterocycles. The Labute approximate surface area is 192 Å². The summed E-state index contributed by atoms with van der Waals surface area (Å²) in [6.07, 6.45) is 1.78. The van der Waals surface area contributed by atoms with Crippen molar-refractivity contribution in [2.45, 2.75) is 6.92 Å². The summed E-state index contributed by atoms with van der Waals surface area (Å²) in [6.45, 7) is 6.61. The van der Waals surface area contributed by atoms with E-state index in [1.54, 1.807) is 19.3 Å². The highest BCUT2D eigenvalue weighted by atomic mass is 16.5. The van der Waals surface area contributed by atoms with Gasteiger partial charge in [0.2, 0.25) is 0 Å². The van der Waals surface area contributed by atoms with Crippen molar-refractivity contribution in [3.05, 3.63) is 66.5 Å². The van der Waals surface area contributed by atoms with Crippen molar-refractivity contribution < 1.29 is 9.53 Å². The standard InChI is InChI=1S/C25H26N6O2/c1-18(32)19-6-5-7-20(16-19)23-28-24(26-10-11-30-12-14-33-15-13-30)22-25(29-23)31(17-27-22)21-8-3-2-4-9-21/h2-9,16-17H,10-15H2,1H3,(H,26,28,29). The molecule has 33 heavy (non-hydrogen) atoms. The third kappa shape index (κ3) is 4.62. The van der Waals surface area contributed by atoms with Crippen LogP contribution in [0.1, 0.15) is 17.3 Å². The van der Waals surface area contributed by atoms with Gasteiger partial charge in [-0.25, -0.2) is 15.0 Å². The number of Topliss-reactive ketones (excluding diaryl/α,β-unsaturated/α-hetero) is 1. The van der Waals surface area contributed by atoms with Gasteiger partial charge in [0, 0.05) is 43.0 Å². The number of rotatable bonds is 7. The SMILES string of the molecule is CC(=O)c1cccc(-c2nc(NCCN3CCOCC3)c3ncn(-c4ccccc4)c3n2)c1. The lowest BCUT2D eigenvalue weighted by Gasteiger charge is -2.26. The van der Waals surface area contributed by atoms with Gasteiger partial charge in [-0.1, -0.05) is 36.4 Å². The van der Waals surface area contributed by atoms with E-state index in [1.807, 2.05) is 53.1 Å². The molecule has 0 spiro atoms. The molecule has 8 heteroatoms. The van der Waals surface area contributed by atoms with Gasteiger partial charge in [0.25, 0.3) is 0 Å². The quantitative estimate of drug-likeness (QED) is 0.439. The summed E-state index contributed by atoms with van der Waals surface area (Å²) in [4.78, 5) is 28.6. The first kappa shape index (κ1) is 21.2. The van der Waals surface area contributed by atoms with Gasteiger partial charge >= 0.3 is 0 Å². The van der Waals surface area contributed by atoms with E-state index in [9.17, 15) is 4.79 Å². The Morgan fingerprint density at radius 2 is 1.88 bits per heavy atom. The maximum atomic E-state index is 11.9. The molecule has 8 nitrogen and oxygen atoms in total. The summed E-state index contributed by atoms with van der Waals surface area (Å²) in [5.74, 6) is 1.25. The van der Waals surface area contributed by atoms with E-state index < -0.39 is 0 Å². The number of nitrogens with one attached hydrogen (secondary N) is 1. The molecule has 2 aromatic carbocycles. The van der Waals surface area contributed by atoms with Gasteiger partial charge in [0.15, 0.2) is 28.6 Å². The second-order valence-corrected chi connectivity index (χ2v) is 8.04. The predicted molar refractivity (Wildman–Crippen MR) is 128 cm³/mol. The molecule has 0 bridgehead atoms. The van der Waals surface area contributed by atoms with E-state index in [2.05, 4.69) is 15.2 Å². The third-order valence-corrected chi connectivity index (χ3v) is 5.78. The lowest BCUT2D eigenvalue weighted by atomic mass is 10.1. The van der Waals surface area contributed by atoms with E-state index in [1.165, 1.54) is 0 Å². The maximum Gasteiger partial charge on any atom is 0.170 e. The first-order valence-corrected chi connectivity index (χ1v) is 11.1. The van der Waals surface area contributed by atoms with Crippen LogP contribution in [0.2, 0.25) is 0 Å². The molecule has 4 aromatic rings. The molecule has 1 aliphatic rings. The number of aromatic nitrogens is 4. The number of hydrogen-bond acceptors (Lipinski definition) is 7. The van der Waals surface area contributed by atoms with Crippen molar-refractivity contribution in [2.24, 2.45) is 0 Å². The minimum atomic E-state index is 0.0103. The Kier molecular flexibility index (Phi) is 6.10. The second kappa shape index (κ2) is 9.48. The normalized spacial score (nSPS) is 14.5. The van der Waals surface area contributed by atoms with Crippen LogP contribution in [0.3, 0.4) is 0 Å². The summed E-state index contributed by atoms with van der Waals surface area (Å²) in [7, 11) is 0. The Morgan fingerprint density at radius 1 is 1.06 bits per heavy atom. The molecule has 2 aromatic heterocycles. The van der Waals surface area contributed by atoms with E-state index in [4.69, 9.17) is 14.7 Å². The highest BCUT2D eigenvalue weighted by Crippen LogP contribution is 2.26. The molecule has 0 radical (unpaired) electrons. The highest BCUT2D eigenvalue weighted by Gasteiger charge is 2.17. The van der Waals surface area contributed by atoms with E-state index >= 15 is 0 Å². The molecule has 0 unspecified atom stereocenters. The van der Waals surface area contributed by atoms with Crippen molar-refractivity contribution in [1.82, 2.24) is 24.4 Å². The molecule has 0 saturated carbocycles. The van der Waals surface area contributed by atoms with Crippen molar-refractivity contribution in [2.75, 3.05) is 44.7 Å². The first-order chi connectivity index (χ1) is 16.2. The molecule has 1 aliphatic heterocycles. The number of ether oxygens (including phenoxy) is 1. The van der Waals surface area contributed by atoms with Gasteiger partial charge in [0.1, 0.15) is 6.33 Å². The van der Waals surface area contributed by atoms with Crippen LogP contribution in [0.25, 0.3) is 28.2 Å². The van der Waals surface area contributed by atoms with Crippen LogP contribution in [0.15, 0.2) is 60.9 Å². The van der Waals surface area contributed by atoms with Crippen LogP contribution in [0.5, 0.6) is 0 Å². The highest BCUT2D eigenvalue weighted by molar-refractivity contribution is 5.95. The molecule has 1 fully saturated rings. The monoisotopic (exact) mass is 442 g/mol. The van der Waals surface area contributed by atoms with Crippen molar-refractivity contribution in [3.8, 4) is 17.1 Å². The maximum absolute atomic E-state index is 11.9. The summed E-state index contributed by atoms with van der Waals surface area (Å²) >= 11 is 0. The van der Waals surface area contributed by atoms with Gasteiger partial charge in [-0.2, -0.15) is 0 Å². The van der Waals surface area contributed by atoms with E-state index in [0.29, 0.717) is 28.4 Å². The van der Waals surface area contributed by atoms with Crippen LogP contribution in [-0.4, -0.2) is 69.6 Å². The van der Waals surface area contributed by atoms with E-state index in [-0.39, 0.29) is 5.78 Å². The number of fused-ring (bicyclic) bond motifs is 1. The fourth-order valence-corrected chi connectivity index (χ4v) is 3.96. The van der Waals surface area contributed by atoms with Crippen molar-refractivity contribution in [1.29, 1.82) is 0 Å². The van der Waals surface area contributed by atoms with Crippen LogP contribution in [0.4, 0.5) is 5.82 Å². The fourth-order valence-electron chi connectivity index (χ4n) is 3.96. The van der Waals surface area contributed by atoms with Gasteiger partial charge in [-0.05, 0) is 25.1 Å². The predicted octanol–water partition coefficient (Wildman–Crippen LogP) is 3.43. The lowest BCUT2D eigenvalue weighted by Crippen LogP contribution is -2.39. The van der Waals surface area contributed by atoms with Crippen LogP contribution < -0.4 is 5.32 Å². The average Bonchev–Trinajstić information content (AvgIpc) is 3.29. The fraction of sp³-hybridized carbons (Fsp3) is 0.280.